The van der Waals surface area contributed by atoms with E-state index in [1.165, 1.54) is 36.4 Å². The van der Waals surface area contributed by atoms with Crippen LogP contribution in [0, 0.1) is 0 Å². The molecule has 6 N–H and O–H groups in total. The summed E-state index contributed by atoms with van der Waals surface area (Å²) in [6, 6.07) is 14.5. The molecular formula is C41H24N10Na6O21S6. The first-order valence-corrected chi connectivity index (χ1v) is 29.0. The summed E-state index contributed by atoms with van der Waals surface area (Å²) in [5, 5.41) is 25.4. The minimum absolute atomic E-state index is 0. The molecule has 1 heterocycles. The Hall–Kier alpha value is -2.47. The third-order valence-corrected chi connectivity index (χ3v) is 15.6. The number of hydrogen-bond acceptors (Lipinski definition) is 29. The molecular weight excluding hydrogens is 1300 g/mol. The summed E-state index contributed by atoms with van der Waals surface area (Å²) >= 11 is 0. The van der Waals surface area contributed by atoms with Crippen LogP contribution < -0.4 is 210 Å². The van der Waals surface area contributed by atoms with E-state index in [0.717, 1.165) is 36.4 Å². The zero-order valence-electron chi connectivity index (χ0n) is 43.7. The second-order valence-corrected chi connectivity index (χ2v) is 23.8. The molecule has 0 saturated heterocycles. The van der Waals surface area contributed by atoms with E-state index < -0.39 is 176 Å². The van der Waals surface area contributed by atoms with Crippen molar-refractivity contribution in [3.05, 3.63) is 135 Å². The molecule has 0 spiro atoms. The first-order chi connectivity index (χ1) is 36.2. The molecule has 1 aromatic heterocycles. The number of benzene rings is 5. The Labute approximate surface area is 608 Å². The fourth-order valence-electron chi connectivity index (χ4n) is 7.25. The second kappa shape index (κ2) is 29.9. The maximum absolute atomic E-state index is 14.1. The Morgan fingerprint density at radius 1 is 0.488 bits per heavy atom. The van der Waals surface area contributed by atoms with E-state index in [-0.39, 0.29) is 189 Å². The van der Waals surface area contributed by atoms with Crippen LogP contribution in [0.15, 0.2) is 142 Å². The SMILES string of the molecule is O=C1/C(=N/Nc2ccccc2S(=O)(=O)[O-])C(S(=O)(=O)O)=Cc2cc(S(=O)(=O)[O-])cc(N=c3nc(Nc4ccc(Nc5cc(S(=O)(=O)[O-])cc6c5C(=O)/C(=N/Nc5ccccc5S(=O)(=O)[O-])C(S(=O)(=O)[O-])=C6)cc4)nc([O-])[nH]3)c21.[Na+].[Na+].[Na+].[Na+].[Na+].[Na+]. The molecule has 31 nitrogen and oxygen atoms in total. The van der Waals surface area contributed by atoms with Gasteiger partial charge in [-0.05, 0) is 96.1 Å². The number of allylic oxidation sites excluding steroid dienone is 2. The summed E-state index contributed by atoms with van der Waals surface area (Å²) in [4.78, 5) is 35.3. The number of Topliss-reactive ketones (excluding diaryl/α,β-unsaturated/α-hetero) is 2. The topological polar surface area (TPSA) is 524 Å². The molecule has 0 bridgehead atoms. The van der Waals surface area contributed by atoms with Crippen LogP contribution in [0.25, 0.3) is 12.2 Å². The van der Waals surface area contributed by atoms with Crippen LogP contribution in [-0.2, 0) is 60.7 Å². The largest absolute Gasteiger partial charge is 1.00 e. The number of hydrazone groups is 2. The predicted octanol–water partition coefficient (Wildman–Crippen LogP) is -17.3. The van der Waals surface area contributed by atoms with Gasteiger partial charge in [-0.2, -0.15) is 23.6 Å². The molecule has 6 aromatic rings. The fraction of sp³-hybridized carbons (Fsp3) is 0. The number of aromatic amines is 1. The minimum atomic E-state index is -5.66. The van der Waals surface area contributed by atoms with Gasteiger partial charge >= 0.3 is 177 Å². The van der Waals surface area contributed by atoms with E-state index in [1.54, 1.807) is 0 Å². The van der Waals surface area contributed by atoms with Crippen LogP contribution in [0.5, 0.6) is 6.01 Å². The standard InChI is InChI=1S/C41H30N10O21S6.6Na/c52-37-33-19(15-31(77(67,68)69)35(37)50-48-25-5-1-3-7-29(25)75(61,62)63)13-23(73(55,56)57)17-27(33)42-21-9-11-22(12-10-21)43-39-45-40(47-41(54)46-39)44-28-18-24(74(58,59)60)14-20-16-32(78(70,71)72)36(38(53)34(20)28)51-49-26-6-2-4-8-30(26)76(64,65)66;;;;;;/h1-18,42,48-49H,(H,55,56,57)(H,58,59,60)(H,61,62,63)(H,64,65,66)(H,67,68,69)(H,70,71,72)(H3,43,44,45,46,47,54);;;;;;/q;6*+1/p-6/b50-35+,51-36+;;;;;;. The third kappa shape index (κ3) is 18.3. The van der Waals surface area contributed by atoms with Gasteiger partial charge in [0.2, 0.25) is 23.1 Å². The number of anilines is 6. The molecule has 0 unspecified atom stereocenters. The van der Waals surface area contributed by atoms with E-state index in [1.807, 2.05) is 0 Å². The summed E-state index contributed by atoms with van der Waals surface area (Å²) < 4.78 is 217. The summed E-state index contributed by atoms with van der Waals surface area (Å²) in [6.45, 7) is 0. The molecule has 0 saturated carbocycles. The molecule has 84 heavy (non-hydrogen) atoms. The van der Waals surface area contributed by atoms with E-state index >= 15 is 0 Å². The van der Waals surface area contributed by atoms with Crippen molar-refractivity contribution >= 4 is 136 Å². The van der Waals surface area contributed by atoms with E-state index in [0.29, 0.717) is 36.4 Å². The van der Waals surface area contributed by atoms with Crippen molar-refractivity contribution in [2.75, 3.05) is 21.5 Å². The number of hydrogen-bond donors (Lipinski definition) is 6. The maximum atomic E-state index is 14.1. The van der Waals surface area contributed by atoms with Gasteiger partial charge in [-0.3, -0.25) is 25.0 Å². The molecule has 0 amide bonds. The second-order valence-electron chi connectivity index (χ2n) is 15.6. The molecule has 0 fully saturated rings. The van der Waals surface area contributed by atoms with E-state index in [2.05, 4.69) is 51.6 Å². The van der Waals surface area contributed by atoms with Crippen LogP contribution in [0.2, 0.25) is 0 Å². The smallest absolute Gasteiger partial charge is 0.846 e. The normalized spacial score (nSPS) is 14.4. The number of carbonyl (C=O) groups is 2. The van der Waals surface area contributed by atoms with Crippen molar-refractivity contribution in [1.82, 2.24) is 15.0 Å². The van der Waals surface area contributed by atoms with E-state index in [9.17, 15) is 92.5 Å². The van der Waals surface area contributed by atoms with Gasteiger partial charge < -0.3 is 43.5 Å². The zero-order valence-corrected chi connectivity index (χ0v) is 60.6. The van der Waals surface area contributed by atoms with Crippen molar-refractivity contribution in [2.45, 2.75) is 19.6 Å². The third-order valence-electron chi connectivity index (χ3n) is 10.5. The maximum Gasteiger partial charge on any atom is 1.00 e. The van der Waals surface area contributed by atoms with Gasteiger partial charge in [-0.15, -0.1) is 0 Å². The Balaban J connectivity index is 0.00000401. The van der Waals surface area contributed by atoms with Crippen molar-refractivity contribution in [3.8, 4) is 6.01 Å². The van der Waals surface area contributed by atoms with E-state index in [4.69, 9.17) is 0 Å². The average molecular weight is 1320 g/mol. The number of para-hydroxylation sites is 2. The number of nitrogens with zero attached hydrogens (tertiary/aromatic N) is 5. The van der Waals surface area contributed by atoms with Gasteiger partial charge in [-0.1, -0.05) is 24.3 Å². The van der Waals surface area contributed by atoms with Crippen molar-refractivity contribution in [2.24, 2.45) is 15.2 Å². The van der Waals surface area contributed by atoms with Crippen LogP contribution in [-0.4, -0.2) is 116 Å². The molecule has 5 aromatic carbocycles. The summed E-state index contributed by atoms with van der Waals surface area (Å²) in [5.74, 6) is -3.45. The molecule has 0 radical (unpaired) electrons. The van der Waals surface area contributed by atoms with Gasteiger partial charge in [0.25, 0.3) is 10.1 Å². The van der Waals surface area contributed by atoms with Crippen LogP contribution in [0.1, 0.15) is 31.8 Å². The number of rotatable bonds is 15. The Bertz CT molecular complexity index is 4580. The molecule has 43 heteroatoms. The first-order valence-electron chi connectivity index (χ1n) is 20.5. The van der Waals surface area contributed by atoms with Gasteiger partial charge in [0.15, 0.2) is 5.71 Å². The molecule has 0 aliphatic heterocycles. The average Bonchev–Trinajstić information content (AvgIpc) is 3.37. The quantitative estimate of drug-likeness (QED) is 0.0316. The van der Waals surface area contributed by atoms with Gasteiger partial charge in [0, 0.05) is 11.4 Å². The minimum Gasteiger partial charge on any atom is -0.846 e. The van der Waals surface area contributed by atoms with Crippen molar-refractivity contribution in [3.63, 3.8) is 0 Å². The monoisotopic (exact) mass is 1320 g/mol. The zero-order chi connectivity index (χ0) is 57.1. The Morgan fingerprint density at radius 3 is 1.38 bits per heavy atom. The molecule has 0 atom stereocenters. The molecule has 406 valence electrons. The van der Waals surface area contributed by atoms with Crippen LogP contribution in [0.4, 0.5) is 40.1 Å². The van der Waals surface area contributed by atoms with Crippen molar-refractivity contribution < 1.29 is 270 Å². The number of carbonyl (C=O) groups excluding carboxylic acids is 2. The summed E-state index contributed by atoms with van der Waals surface area (Å²) in [6.07, 6.45) is 1.03. The van der Waals surface area contributed by atoms with Crippen molar-refractivity contribution in [1.29, 1.82) is 0 Å². The van der Waals surface area contributed by atoms with Crippen LogP contribution >= 0.6 is 0 Å². The number of ketones is 2. The number of nitrogens with one attached hydrogen (secondary N) is 5. The Kier molecular flexibility index (Phi) is 27.6. The van der Waals surface area contributed by atoms with Gasteiger partial charge in [0.1, 0.15) is 61.2 Å². The molecule has 2 aliphatic rings. The first kappa shape index (κ1) is 77.6. The van der Waals surface area contributed by atoms with Gasteiger partial charge in [0.05, 0.1) is 64.4 Å². The predicted molar refractivity (Wildman–Crippen MR) is 260 cm³/mol. The summed E-state index contributed by atoms with van der Waals surface area (Å²) in [5.41, 5.74) is -3.96. The number of aromatic nitrogens is 3. The fourth-order valence-corrected chi connectivity index (χ4v) is 10.9. The van der Waals surface area contributed by atoms with Crippen LogP contribution in [0.3, 0.4) is 0 Å². The number of H-pyrrole nitrogens is 1. The summed E-state index contributed by atoms with van der Waals surface area (Å²) in [7, 11) is -32.4. The number of fused-ring (bicyclic) bond motifs is 2. The Morgan fingerprint density at radius 2 is 0.917 bits per heavy atom. The van der Waals surface area contributed by atoms with Gasteiger partial charge in [-0.25, -0.2) is 52.1 Å². The molecule has 2 aliphatic carbocycles. The molecule has 8 rings (SSSR count).